The Hall–Kier alpha value is -0.900. The van der Waals surface area contributed by atoms with Gasteiger partial charge in [0.25, 0.3) is 0 Å². The Morgan fingerprint density at radius 1 is 1.41 bits per heavy atom. The fraction of sp³-hybridized carbons (Fsp3) is 0.571. The molecular formula is C14H22N2O. The molecule has 0 aromatic heterocycles. The molecule has 3 heteroatoms. The van der Waals surface area contributed by atoms with Crippen molar-refractivity contribution < 1.29 is 4.74 Å². The predicted molar refractivity (Wildman–Crippen MR) is 70.2 cm³/mol. The van der Waals surface area contributed by atoms with Gasteiger partial charge in [-0.3, -0.25) is 0 Å². The van der Waals surface area contributed by atoms with E-state index in [1.807, 2.05) is 7.05 Å². The van der Waals surface area contributed by atoms with Crippen LogP contribution in [0.1, 0.15) is 23.6 Å². The van der Waals surface area contributed by atoms with Gasteiger partial charge >= 0.3 is 0 Å². The average molecular weight is 234 g/mol. The molecule has 3 nitrogen and oxygen atoms in total. The highest BCUT2D eigenvalue weighted by atomic mass is 16.5. The molecule has 0 saturated carbocycles. The highest BCUT2D eigenvalue weighted by Gasteiger charge is 2.19. The van der Waals surface area contributed by atoms with E-state index in [2.05, 4.69) is 41.8 Å². The van der Waals surface area contributed by atoms with Crippen LogP contribution < -0.4 is 10.6 Å². The summed E-state index contributed by atoms with van der Waals surface area (Å²) in [5.74, 6) is 0. The first-order valence-corrected chi connectivity index (χ1v) is 6.35. The topological polar surface area (TPSA) is 33.3 Å². The van der Waals surface area contributed by atoms with Gasteiger partial charge in [-0.05, 0) is 26.0 Å². The van der Waals surface area contributed by atoms with Crippen LogP contribution >= 0.6 is 0 Å². The molecule has 2 unspecified atom stereocenters. The van der Waals surface area contributed by atoms with E-state index in [1.165, 1.54) is 11.1 Å². The zero-order valence-corrected chi connectivity index (χ0v) is 10.7. The minimum absolute atomic E-state index is 0.322. The highest BCUT2D eigenvalue weighted by Crippen LogP contribution is 2.20. The van der Waals surface area contributed by atoms with Gasteiger partial charge in [-0.25, -0.2) is 0 Å². The van der Waals surface area contributed by atoms with Gasteiger partial charge in [-0.1, -0.05) is 29.8 Å². The van der Waals surface area contributed by atoms with Crippen LogP contribution in [0.3, 0.4) is 0 Å². The van der Waals surface area contributed by atoms with Gasteiger partial charge in [0.2, 0.25) is 0 Å². The Morgan fingerprint density at radius 3 is 2.76 bits per heavy atom. The fourth-order valence-electron chi connectivity index (χ4n) is 2.25. The number of benzene rings is 1. The highest BCUT2D eigenvalue weighted by molar-refractivity contribution is 5.24. The zero-order chi connectivity index (χ0) is 12.1. The first-order chi connectivity index (χ1) is 8.29. The lowest BCUT2D eigenvalue weighted by atomic mass is 9.99. The number of ether oxygens (including phenoxy) is 1. The summed E-state index contributed by atoms with van der Waals surface area (Å²) in [4.78, 5) is 0. The van der Waals surface area contributed by atoms with E-state index in [9.17, 15) is 0 Å². The number of morpholine rings is 1. The first kappa shape index (κ1) is 12.6. The molecule has 0 bridgehead atoms. The van der Waals surface area contributed by atoms with Crippen LogP contribution in [0.5, 0.6) is 0 Å². The lowest BCUT2D eigenvalue weighted by Crippen LogP contribution is -2.40. The van der Waals surface area contributed by atoms with Crippen LogP contribution in [-0.4, -0.2) is 32.8 Å². The Bertz CT molecular complexity index is 331. The maximum absolute atomic E-state index is 5.75. The number of aryl methyl sites for hydroxylation is 1. The monoisotopic (exact) mass is 234 g/mol. The maximum Gasteiger partial charge on any atom is 0.0718 e. The van der Waals surface area contributed by atoms with Crippen molar-refractivity contribution in [3.63, 3.8) is 0 Å². The van der Waals surface area contributed by atoms with E-state index in [-0.39, 0.29) is 0 Å². The molecule has 2 rings (SSSR count). The second kappa shape index (κ2) is 6.15. The molecule has 1 aliphatic heterocycles. The van der Waals surface area contributed by atoms with Crippen molar-refractivity contribution in [2.45, 2.75) is 25.5 Å². The van der Waals surface area contributed by atoms with Crippen LogP contribution in [0.15, 0.2) is 24.3 Å². The molecule has 2 N–H and O–H groups in total. The fourth-order valence-corrected chi connectivity index (χ4v) is 2.25. The van der Waals surface area contributed by atoms with Gasteiger partial charge in [0.05, 0.1) is 12.7 Å². The Labute approximate surface area is 104 Å². The molecule has 17 heavy (non-hydrogen) atoms. The van der Waals surface area contributed by atoms with Crippen molar-refractivity contribution in [3.05, 3.63) is 35.4 Å². The zero-order valence-electron chi connectivity index (χ0n) is 10.7. The molecule has 0 spiro atoms. The van der Waals surface area contributed by atoms with E-state index < -0.39 is 0 Å². The van der Waals surface area contributed by atoms with E-state index >= 15 is 0 Å². The molecule has 1 aromatic carbocycles. The van der Waals surface area contributed by atoms with Gasteiger partial charge < -0.3 is 15.4 Å². The summed E-state index contributed by atoms with van der Waals surface area (Å²) in [6, 6.07) is 9.11. The summed E-state index contributed by atoms with van der Waals surface area (Å²) >= 11 is 0. The lowest BCUT2D eigenvalue weighted by Gasteiger charge is -2.27. The van der Waals surface area contributed by atoms with Crippen molar-refractivity contribution in [2.75, 3.05) is 26.7 Å². The molecule has 1 heterocycles. The molecule has 0 aliphatic carbocycles. The Kier molecular flexibility index (Phi) is 4.54. The summed E-state index contributed by atoms with van der Waals surface area (Å²) in [6.07, 6.45) is 1.34. The molecule has 1 aliphatic rings. The van der Waals surface area contributed by atoms with Gasteiger partial charge in [0.15, 0.2) is 0 Å². The third-order valence-electron chi connectivity index (χ3n) is 3.33. The number of rotatable bonds is 4. The normalized spacial score (nSPS) is 22.4. The van der Waals surface area contributed by atoms with Crippen molar-refractivity contribution in [1.29, 1.82) is 0 Å². The summed E-state index contributed by atoms with van der Waals surface area (Å²) in [5, 5.41) is 6.75. The Morgan fingerprint density at radius 2 is 2.18 bits per heavy atom. The Balaban J connectivity index is 1.97. The quantitative estimate of drug-likeness (QED) is 0.831. The van der Waals surface area contributed by atoms with Crippen molar-refractivity contribution in [3.8, 4) is 0 Å². The van der Waals surface area contributed by atoms with Gasteiger partial charge in [0, 0.05) is 19.1 Å². The average Bonchev–Trinajstić information content (AvgIpc) is 2.38. The van der Waals surface area contributed by atoms with Gasteiger partial charge in [-0.15, -0.1) is 0 Å². The molecule has 1 fully saturated rings. The van der Waals surface area contributed by atoms with E-state index in [0.29, 0.717) is 12.1 Å². The van der Waals surface area contributed by atoms with E-state index in [0.717, 1.165) is 26.1 Å². The molecule has 2 atom stereocenters. The molecule has 0 amide bonds. The van der Waals surface area contributed by atoms with Crippen molar-refractivity contribution >= 4 is 0 Å². The standard InChI is InChI=1S/C14H22N2O/c1-11-3-5-12(6-4-11)14(15-2)9-13-10-16-7-8-17-13/h3-6,13-16H,7-10H2,1-2H3. The smallest absolute Gasteiger partial charge is 0.0718 e. The molecule has 94 valence electrons. The molecular weight excluding hydrogens is 212 g/mol. The number of nitrogens with one attached hydrogen (secondary N) is 2. The summed E-state index contributed by atoms with van der Waals surface area (Å²) in [7, 11) is 2.01. The number of hydrogen-bond acceptors (Lipinski definition) is 3. The second-order valence-corrected chi connectivity index (χ2v) is 4.68. The van der Waals surface area contributed by atoms with Crippen LogP contribution in [0.4, 0.5) is 0 Å². The second-order valence-electron chi connectivity index (χ2n) is 4.68. The van der Waals surface area contributed by atoms with Gasteiger partial charge in [0.1, 0.15) is 0 Å². The third kappa shape index (κ3) is 3.53. The van der Waals surface area contributed by atoms with Gasteiger partial charge in [-0.2, -0.15) is 0 Å². The third-order valence-corrected chi connectivity index (χ3v) is 3.33. The molecule has 0 radical (unpaired) electrons. The maximum atomic E-state index is 5.75. The van der Waals surface area contributed by atoms with Crippen LogP contribution in [0.2, 0.25) is 0 Å². The summed E-state index contributed by atoms with van der Waals surface area (Å²) in [6.45, 7) is 4.89. The van der Waals surface area contributed by atoms with Crippen LogP contribution in [-0.2, 0) is 4.74 Å². The summed E-state index contributed by atoms with van der Waals surface area (Å²) < 4.78 is 5.75. The van der Waals surface area contributed by atoms with E-state index in [1.54, 1.807) is 0 Å². The molecule has 1 saturated heterocycles. The predicted octanol–water partition coefficient (Wildman–Crippen LogP) is 1.63. The largest absolute Gasteiger partial charge is 0.376 e. The SMILES string of the molecule is CNC(CC1CNCCO1)c1ccc(C)cc1. The minimum atomic E-state index is 0.322. The van der Waals surface area contributed by atoms with Crippen molar-refractivity contribution in [1.82, 2.24) is 10.6 Å². The number of hydrogen-bond donors (Lipinski definition) is 2. The van der Waals surface area contributed by atoms with Crippen molar-refractivity contribution in [2.24, 2.45) is 0 Å². The first-order valence-electron chi connectivity index (χ1n) is 6.35. The van der Waals surface area contributed by atoms with E-state index in [4.69, 9.17) is 4.74 Å². The lowest BCUT2D eigenvalue weighted by molar-refractivity contribution is 0.0176. The van der Waals surface area contributed by atoms with Crippen LogP contribution in [0.25, 0.3) is 0 Å². The minimum Gasteiger partial charge on any atom is -0.376 e. The molecule has 1 aromatic rings. The summed E-state index contributed by atoms with van der Waals surface area (Å²) in [5.41, 5.74) is 2.64. The van der Waals surface area contributed by atoms with Crippen LogP contribution in [0, 0.1) is 6.92 Å².